The van der Waals surface area contributed by atoms with Crippen LogP contribution < -0.4 is 5.73 Å². The maximum Gasteiger partial charge on any atom is 0.168 e. The highest BCUT2D eigenvalue weighted by atomic mass is 15.5. The van der Waals surface area contributed by atoms with Gasteiger partial charge in [-0.2, -0.15) is 0 Å². The summed E-state index contributed by atoms with van der Waals surface area (Å²) in [7, 11) is 0. The molecule has 0 bridgehead atoms. The minimum Gasteiger partial charge on any atom is -0.381 e. The lowest BCUT2D eigenvalue weighted by Crippen LogP contribution is -2.07. The second-order valence-electron chi connectivity index (χ2n) is 2.76. The van der Waals surface area contributed by atoms with Crippen LogP contribution >= 0.6 is 0 Å². The van der Waals surface area contributed by atoms with Crippen molar-refractivity contribution in [2.75, 3.05) is 5.73 Å². The van der Waals surface area contributed by atoms with Crippen LogP contribution in [0.25, 0.3) is 0 Å². The van der Waals surface area contributed by atoms with Crippen LogP contribution in [0.3, 0.4) is 0 Å². The third-order valence-electron chi connectivity index (χ3n) is 1.97. The zero-order valence-corrected chi connectivity index (χ0v) is 7.20. The van der Waals surface area contributed by atoms with Gasteiger partial charge in [-0.05, 0) is 20.3 Å². The number of aromatic nitrogens is 3. The first-order valence-electron chi connectivity index (χ1n) is 3.84. The van der Waals surface area contributed by atoms with Crippen LogP contribution in [0.1, 0.15) is 32.0 Å². The molecule has 11 heavy (non-hydrogen) atoms. The normalized spacial score (nSPS) is 13.4. The Hall–Kier alpha value is -1.06. The molecule has 62 valence electrons. The number of anilines is 1. The molecule has 1 unspecified atom stereocenters. The van der Waals surface area contributed by atoms with Crippen LogP contribution in [0.5, 0.6) is 0 Å². The Balaban J connectivity index is 2.94. The van der Waals surface area contributed by atoms with E-state index < -0.39 is 0 Å². The van der Waals surface area contributed by atoms with Gasteiger partial charge in [0, 0.05) is 0 Å². The maximum atomic E-state index is 5.54. The van der Waals surface area contributed by atoms with E-state index in [0.29, 0.717) is 11.9 Å². The van der Waals surface area contributed by atoms with Gasteiger partial charge in [0.2, 0.25) is 0 Å². The lowest BCUT2D eigenvalue weighted by Gasteiger charge is -2.09. The monoisotopic (exact) mass is 154 g/mol. The summed E-state index contributed by atoms with van der Waals surface area (Å²) in [6.07, 6.45) is 1.05. The van der Waals surface area contributed by atoms with Crippen molar-refractivity contribution >= 4 is 5.82 Å². The second kappa shape index (κ2) is 2.90. The fourth-order valence-corrected chi connectivity index (χ4v) is 0.945. The third-order valence-corrected chi connectivity index (χ3v) is 1.97. The van der Waals surface area contributed by atoms with E-state index >= 15 is 0 Å². The van der Waals surface area contributed by atoms with E-state index in [4.69, 9.17) is 5.73 Å². The minimum atomic E-state index is 0.389. The van der Waals surface area contributed by atoms with Crippen LogP contribution in [0, 0.1) is 6.92 Å². The topological polar surface area (TPSA) is 56.7 Å². The van der Waals surface area contributed by atoms with Crippen LogP contribution in [0.4, 0.5) is 5.82 Å². The molecule has 0 saturated heterocycles. The van der Waals surface area contributed by atoms with E-state index in [2.05, 4.69) is 24.2 Å². The van der Waals surface area contributed by atoms with E-state index in [9.17, 15) is 0 Å². The molecule has 0 fully saturated rings. The van der Waals surface area contributed by atoms with Crippen molar-refractivity contribution in [1.29, 1.82) is 0 Å². The number of nitrogens with zero attached hydrogens (tertiary/aromatic N) is 3. The Labute approximate surface area is 66.4 Å². The highest BCUT2D eigenvalue weighted by molar-refractivity contribution is 5.31. The zero-order chi connectivity index (χ0) is 8.43. The van der Waals surface area contributed by atoms with E-state index in [1.165, 1.54) is 0 Å². The summed E-state index contributed by atoms with van der Waals surface area (Å²) >= 11 is 0. The van der Waals surface area contributed by atoms with Gasteiger partial charge in [0.05, 0.1) is 11.7 Å². The van der Waals surface area contributed by atoms with Gasteiger partial charge < -0.3 is 5.73 Å². The zero-order valence-electron chi connectivity index (χ0n) is 7.20. The summed E-state index contributed by atoms with van der Waals surface area (Å²) in [5.74, 6) is 0.533. The molecule has 4 nitrogen and oxygen atoms in total. The summed E-state index contributed by atoms with van der Waals surface area (Å²) in [6, 6.07) is 0.389. The molecule has 0 aromatic carbocycles. The molecule has 0 saturated carbocycles. The van der Waals surface area contributed by atoms with Crippen molar-refractivity contribution in [3.8, 4) is 0 Å². The smallest absolute Gasteiger partial charge is 0.168 e. The lowest BCUT2D eigenvalue weighted by molar-refractivity contribution is 0.455. The standard InChI is InChI=1S/C7H14N4/c1-4-5(2)11-6(3)7(8)9-10-11/h5H,4,8H2,1-3H3. The fraction of sp³-hybridized carbons (Fsp3) is 0.714. The van der Waals surface area contributed by atoms with Crippen molar-refractivity contribution in [3.05, 3.63) is 5.69 Å². The number of hydrogen-bond acceptors (Lipinski definition) is 3. The molecule has 2 N–H and O–H groups in total. The van der Waals surface area contributed by atoms with Crippen LogP contribution in [0.2, 0.25) is 0 Å². The molecule has 0 amide bonds. The minimum absolute atomic E-state index is 0.389. The molecule has 1 rings (SSSR count). The number of nitrogen functional groups attached to an aromatic ring is 1. The van der Waals surface area contributed by atoms with Crippen molar-refractivity contribution < 1.29 is 0 Å². The first-order valence-corrected chi connectivity index (χ1v) is 3.84. The van der Waals surface area contributed by atoms with Crippen molar-refractivity contribution in [2.24, 2.45) is 0 Å². The summed E-state index contributed by atoms with van der Waals surface area (Å²) in [5.41, 5.74) is 6.50. The Morgan fingerprint density at radius 1 is 1.64 bits per heavy atom. The van der Waals surface area contributed by atoms with Gasteiger partial charge in [-0.15, -0.1) is 5.10 Å². The van der Waals surface area contributed by atoms with Gasteiger partial charge in [-0.3, -0.25) is 0 Å². The molecule has 0 aliphatic carbocycles. The van der Waals surface area contributed by atoms with Crippen LogP contribution in [0.15, 0.2) is 0 Å². The average molecular weight is 154 g/mol. The molecule has 1 atom stereocenters. The van der Waals surface area contributed by atoms with E-state index in [1.54, 1.807) is 0 Å². The molecule has 1 aromatic heterocycles. The van der Waals surface area contributed by atoms with Gasteiger partial charge in [0.1, 0.15) is 0 Å². The largest absolute Gasteiger partial charge is 0.381 e. The summed E-state index contributed by atoms with van der Waals surface area (Å²) < 4.78 is 1.86. The molecule has 0 radical (unpaired) electrons. The van der Waals surface area contributed by atoms with Gasteiger partial charge in [0.15, 0.2) is 5.82 Å². The molecule has 0 spiro atoms. The fourth-order valence-electron chi connectivity index (χ4n) is 0.945. The molecule has 0 aliphatic heterocycles. The van der Waals surface area contributed by atoms with E-state index in [1.807, 2.05) is 11.6 Å². The average Bonchev–Trinajstić information content (AvgIpc) is 2.32. The van der Waals surface area contributed by atoms with E-state index in [-0.39, 0.29) is 0 Å². The Morgan fingerprint density at radius 3 is 2.64 bits per heavy atom. The first-order chi connectivity index (χ1) is 5.16. The van der Waals surface area contributed by atoms with Crippen molar-refractivity contribution in [3.63, 3.8) is 0 Å². The first kappa shape index (κ1) is 8.04. The Kier molecular flexibility index (Phi) is 2.12. The number of rotatable bonds is 2. The predicted molar refractivity (Wildman–Crippen MR) is 44.2 cm³/mol. The quantitative estimate of drug-likeness (QED) is 0.695. The van der Waals surface area contributed by atoms with Crippen molar-refractivity contribution in [2.45, 2.75) is 33.2 Å². The SMILES string of the molecule is CCC(C)n1nnc(N)c1C. The Morgan fingerprint density at radius 2 is 2.27 bits per heavy atom. The third kappa shape index (κ3) is 1.34. The van der Waals surface area contributed by atoms with Crippen LogP contribution in [-0.4, -0.2) is 15.0 Å². The van der Waals surface area contributed by atoms with Crippen molar-refractivity contribution in [1.82, 2.24) is 15.0 Å². The Bertz CT molecular complexity index is 241. The van der Waals surface area contributed by atoms with Crippen LogP contribution in [-0.2, 0) is 0 Å². The highest BCUT2D eigenvalue weighted by Gasteiger charge is 2.08. The summed E-state index contributed by atoms with van der Waals surface area (Å²) in [4.78, 5) is 0. The molecule has 1 aromatic rings. The number of nitrogens with two attached hydrogens (primary N) is 1. The number of hydrogen-bond donors (Lipinski definition) is 1. The van der Waals surface area contributed by atoms with Gasteiger partial charge in [0.25, 0.3) is 0 Å². The summed E-state index contributed by atoms with van der Waals surface area (Å²) in [5, 5.41) is 7.70. The van der Waals surface area contributed by atoms with E-state index in [0.717, 1.165) is 12.1 Å². The predicted octanol–water partition coefficient (Wildman–Crippen LogP) is 1.14. The molecule has 1 heterocycles. The highest BCUT2D eigenvalue weighted by Crippen LogP contribution is 2.13. The maximum absolute atomic E-state index is 5.54. The molecule has 4 heteroatoms. The van der Waals surface area contributed by atoms with Gasteiger partial charge >= 0.3 is 0 Å². The second-order valence-corrected chi connectivity index (χ2v) is 2.76. The lowest BCUT2D eigenvalue weighted by atomic mass is 10.2. The van der Waals surface area contributed by atoms with Gasteiger partial charge in [-0.1, -0.05) is 12.1 Å². The molecular formula is C7H14N4. The molecular weight excluding hydrogens is 140 g/mol. The summed E-state index contributed by atoms with van der Waals surface area (Å²) in [6.45, 7) is 6.14. The molecule has 0 aliphatic rings. The van der Waals surface area contributed by atoms with Gasteiger partial charge in [-0.25, -0.2) is 4.68 Å².